The SMILES string of the molecule is Cc1c(Br)n(NC(=O)O)c2ccccc12. The van der Waals surface area contributed by atoms with E-state index in [4.69, 9.17) is 5.11 Å². The van der Waals surface area contributed by atoms with Crippen molar-refractivity contribution >= 4 is 32.9 Å². The average Bonchev–Trinajstić information content (AvgIpc) is 2.44. The van der Waals surface area contributed by atoms with Crippen LogP contribution in [0.25, 0.3) is 10.9 Å². The highest BCUT2D eigenvalue weighted by atomic mass is 79.9. The Balaban J connectivity index is 2.72. The fourth-order valence-corrected chi connectivity index (χ4v) is 2.07. The second kappa shape index (κ2) is 3.58. The van der Waals surface area contributed by atoms with Gasteiger partial charge in [-0.3, -0.25) is 0 Å². The summed E-state index contributed by atoms with van der Waals surface area (Å²) in [5.74, 6) is 0. The minimum Gasteiger partial charge on any atom is -0.464 e. The smallest absolute Gasteiger partial charge is 0.424 e. The molecular formula is C10H9BrN2O2. The van der Waals surface area contributed by atoms with Gasteiger partial charge in [-0.05, 0) is 34.5 Å². The molecule has 0 saturated carbocycles. The van der Waals surface area contributed by atoms with Crippen LogP contribution in [0.1, 0.15) is 5.56 Å². The molecule has 0 unspecified atom stereocenters. The second-order valence-electron chi connectivity index (χ2n) is 3.19. The van der Waals surface area contributed by atoms with E-state index in [9.17, 15) is 4.79 Å². The number of rotatable bonds is 1. The van der Waals surface area contributed by atoms with Gasteiger partial charge < -0.3 is 5.11 Å². The van der Waals surface area contributed by atoms with Crippen LogP contribution in [0.3, 0.4) is 0 Å². The van der Waals surface area contributed by atoms with E-state index in [1.807, 2.05) is 31.2 Å². The van der Waals surface area contributed by atoms with Crippen LogP contribution in [0, 0.1) is 6.92 Å². The van der Waals surface area contributed by atoms with Crippen molar-refractivity contribution in [1.29, 1.82) is 0 Å². The van der Waals surface area contributed by atoms with E-state index >= 15 is 0 Å². The molecule has 2 aromatic rings. The zero-order valence-corrected chi connectivity index (χ0v) is 9.58. The van der Waals surface area contributed by atoms with Gasteiger partial charge in [-0.2, -0.15) is 0 Å². The maximum absolute atomic E-state index is 10.6. The van der Waals surface area contributed by atoms with Crippen LogP contribution >= 0.6 is 15.9 Å². The lowest BCUT2D eigenvalue weighted by molar-refractivity contribution is 0.206. The highest BCUT2D eigenvalue weighted by Crippen LogP contribution is 2.28. The molecule has 15 heavy (non-hydrogen) atoms. The first-order chi connectivity index (χ1) is 7.11. The van der Waals surface area contributed by atoms with Crippen molar-refractivity contribution in [1.82, 2.24) is 4.68 Å². The van der Waals surface area contributed by atoms with E-state index in [1.165, 1.54) is 4.68 Å². The lowest BCUT2D eigenvalue weighted by atomic mass is 10.2. The van der Waals surface area contributed by atoms with Crippen molar-refractivity contribution in [2.24, 2.45) is 0 Å². The van der Waals surface area contributed by atoms with Gasteiger partial charge in [0.1, 0.15) is 4.60 Å². The van der Waals surface area contributed by atoms with E-state index in [2.05, 4.69) is 21.4 Å². The average molecular weight is 269 g/mol. The number of nitrogens with one attached hydrogen (secondary N) is 1. The molecule has 5 heteroatoms. The van der Waals surface area contributed by atoms with Crippen molar-refractivity contribution in [3.63, 3.8) is 0 Å². The summed E-state index contributed by atoms with van der Waals surface area (Å²) < 4.78 is 2.23. The molecule has 0 aliphatic rings. The topological polar surface area (TPSA) is 54.3 Å². The molecule has 2 N–H and O–H groups in total. The van der Waals surface area contributed by atoms with E-state index in [0.29, 0.717) is 0 Å². The summed E-state index contributed by atoms with van der Waals surface area (Å²) in [5.41, 5.74) is 4.17. The zero-order chi connectivity index (χ0) is 11.0. The minimum atomic E-state index is -1.09. The molecule has 0 saturated heterocycles. The summed E-state index contributed by atoms with van der Waals surface area (Å²) in [6.45, 7) is 1.94. The van der Waals surface area contributed by atoms with Crippen LogP contribution in [-0.2, 0) is 0 Å². The van der Waals surface area contributed by atoms with Crippen LogP contribution in [0.5, 0.6) is 0 Å². The van der Waals surface area contributed by atoms with Crippen LogP contribution in [0.15, 0.2) is 28.9 Å². The molecule has 0 aliphatic heterocycles. The summed E-state index contributed by atoms with van der Waals surface area (Å²) in [7, 11) is 0. The van der Waals surface area contributed by atoms with Gasteiger partial charge in [0.05, 0.1) is 5.52 Å². The Morgan fingerprint density at radius 2 is 2.13 bits per heavy atom. The number of aryl methyl sites for hydroxylation is 1. The van der Waals surface area contributed by atoms with Gasteiger partial charge in [0.25, 0.3) is 0 Å². The number of hydrogen-bond acceptors (Lipinski definition) is 1. The Morgan fingerprint density at radius 3 is 2.80 bits per heavy atom. The van der Waals surface area contributed by atoms with Crippen molar-refractivity contribution < 1.29 is 9.90 Å². The second-order valence-corrected chi connectivity index (χ2v) is 3.94. The van der Waals surface area contributed by atoms with Gasteiger partial charge in [-0.15, -0.1) is 0 Å². The number of carbonyl (C=O) groups is 1. The Hall–Kier alpha value is -1.49. The zero-order valence-electron chi connectivity index (χ0n) is 7.99. The number of fused-ring (bicyclic) bond motifs is 1. The molecule has 1 aromatic carbocycles. The molecule has 4 nitrogen and oxygen atoms in total. The highest BCUT2D eigenvalue weighted by molar-refractivity contribution is 9.10. The van der Waals surface area contributed by atoms with Crippen molar-refractivity contribution in [2.75, 3.05) is 5.43 Å². The quantitative estimate of drug-likeness (QED) is 0.836. The lowest BCUT2D eigenvalue weighted by Gasteiger charge is -2.05. The summed E-state index contributed by atoms with van der Waals surface area (Å²) >= 11 is 3.36. The molecule has 0 aliphatic carbocycles. The van der Waals surface area contributed by atoms with E-state index in [1.54, 1.807) is 0 Å². The van der Waals surface area contributed by atoms with Crippen LogP contribution in [0.2, 0.25) is 0 Å². The molecule has 1 heterocycles. The number of benzene rings is 1. The predicted molar refractivity (Wildman–Crippen MR) is 61.8 cm³/mol. The molecule has 0 bridgehead atoms. The van der Waals surface area contributed by atoms with Gasteiger partial charge >= 0.3 is 6.09 Å². The summed E-state index contributed by atoms with van der Waals surface area (Å²) in [5, 5.41) is 9.73. The Labute approximate surface area is 94.6 Å². The monoisotopic (exact) mass is 268 g/mol. The number of aromatic nitrogens is 1. The van der Waals surface area contributed by atoms with E-state index in [0.717, 1.165) is 21.1 Å². The predicted octanol–water partition coefficient (Wildman–Crippen LogP) is 2.93. The van der Waals surface area contributed by atoms with Gasteiger partial charge in [0.2, 0.25) is 0 Å². The third-order valence-electron chi connectivity index (χ3n) is 2.26. The molecule has 0 spiro atoms. The molecule has 1 aromatic heterocycles. The van der Waals surface area contributed by atoms with Gasteiger partial charge in [-0.1, -0.05) is 18.2 Å². The van der Waals surface area contributed by atoms with Crippen LogP contribution in [0.4, 0.5) is 4.79 Å². The first-order valence-corrected chi connectivity index (χ1v) is 5.16. The number of para-hydroxylation sites is 1. The molecule has 2 rings (SSSR count). The van der Waals surface area contributed by atoms with Crippen LogP contribution < -0.4 is 5.43 Å². The number of nitrogens with zero attached hydrogens (tertiary/aromatic N) is 1. The Bertz CT molecular complexity index is 533. The minimum absolute atomic E-state index is 0.728. The standard InChI is InChI=1S/C10H9BrN2O2/c1-6-7-4-2-3-5-8(7)13(9(6)11)12-10(14)15/h2-5,12H,1H3,(H,14,15). The number of hydrogen-bond donors (Lipinski definition) is 2. The fourth-order valence-electron chi connectivity index (χ4n) is 1.58. The third-order valence-corrected chi connectivity index (χ3v) is 3.21. The lowest BCUT2D eigenvalue weighted by Crippen LogP contribution is -2.20. The maximum Gasteiger partial charge on any atom is 0.424 e. The van der Waals surface area contributed by atoms with Gasteiger partial charge in [0, 0.05) is 5.39 Å². The Morgan fingerprint density at radius 1 is 1.47 bits per heavy atom. The van der Waals surface area contributed by atoms with Crippen molar-refractivity contribution in [2.45, 2.75) is 6.92 Å². The van der Waals surface area contributed by atoms with Crippen molar-refractivity contribution in [3.05, 3.63) is 34.4 Å². The Kier molecular flexibility index (Phi) is 2.40. The summed E-state index contributed by atoms with van der Waals surface area (Å²) in [6, 6.07) is 7.61. The van der Waals surface area contributed by atoms with Gasteiger partial charge in [-0.25, -0.2) is 14.9 Å². The largest absolute Gasteiger partial charge is 0.464 e. The molecule has 0 atom stereocenters. The molecule has 0 radical (unpaired) electrons. The summed E-state index contributed by atoms with van der Waals surface area (Å²) in [4.78, 5) is 10.6. The number of halogens is 1. The highest BCUT2D eigenvalue weighted by Gasteiger charge is 2.12. The fraction of sp³-hybridized carbons (Fsp3) is 0.100. The van der Waals surface area contributed by atoms with Crippen LogP contribution in [-0.4, -0.2) is 15.9 Å². The molecular weight excluding hydrogens is 260 g/mol. The van der Waals surface area contributed by atoms with Crippen molar-refractivity contribution in [3.8, 4) is 0 Å². The normalized spacial score (nSPS) is 10.5. The molecule has 1 amide bonds. The first kappa shape index (κ1) is 10.0. The molecule has 78 valence electrons. The maximum atomic E-state index is 10.6. The third kappa shape index (κ3) is 1.59. The number of amides is 1. The van der Waals surface area contributed by atoms with E-state index < -0.39 is 6.09 Å². The van der Waals surface area contributed by atoms with E-state index in [-0.39, 0.29) is 0 Å². The molecule has 0 fully saturated rings. The number of carboxylic acid groups (broad SMARTS) is 1. The van der Waals surface area contributed by atoms with Gasteiger partial charge in [0.15, 0.2) is 0 Å². The summed E-state index contributed by atoms with van der Waals surface area (Å²) in [6.07, 6.45) is -1.09. The first-order valence-electron chi connectivity index (χ1n) is 4.36.